The Bertz CT molecular complexity index is 723. The molecule has 3 heterocycles. The maximum atomic E-state index is 5.89. The van der Waals surface area contributed by atoms with E-state index in [4.69, 9.17) is 11.6 Å². The van der Waals surface area contributed by atoms with Crippen LogP contribution in [-0.4, -0.2) is 24.6 Å². The Morgan fingerprint density at radius 1 is 1.26 bits per heavy atom. The molecule has 0 saturated carbocycles. The summed E-state index contributed by atoms with van der Waals surface area (Å²) in [6, 6.07) is 5.45. The Balaban J connectivity index is 1.78. The van der Waals surface area contributed by atoms with Crippen LogP contribution in [-0.2, 0) is 6.54 Å². The molecule has 0 aliphatic rings. The van der Waals surface area contributed by atoms with Crippen LogP contribution in [0.1, 0.15) is 11.5 Å². The maximum Gasteiger partial charge on any atom is 0.243 e. The first-order chi connectivity index (χ1) is 9.20. The van der Waals surface area contributed by atoms with Gasteiger partial charge in [0.1, 0.15) is 5.82 Å². The lowest BCUT2D eigenvalue weighted by atomic mass is 10.4. The van der Waals surface area contributed by atoms with Crippen LogP contribution in [0.3, 0.4) is 0 Å². The van der Waals surface area contributed by atoms with Crippen molar-refractivity contribution in [2.24, 2.45) is 0 Å². The van der Waals surface area contributed by atoms with Crippen LogP contribution in [0.2, 0.25) is 5.02 Å². The van der Waals surface area contributed by atoms with E-state index >= 15 is 0 Å². The highest BCUT2D eigenvalue weighted by Gasteiger charge is 2.04. The molecule has 0 unspecified atom stereocenters. The van der Waals surface area contributed by atoms with Gasteiger partial charge in [0.2, 0.25) is 5.95 Å². The number of hydrogen-bond acceptors (Lipinski definition) is 5. The highest BCUT2D eigenvalue weighted by atomic mass is 35.5. The molecule has 3 aromatic rings. The molecule has 0 saturated heterocycles. The van der Waals surface area contributed by atoms with Gasteiger partial charge in [0.05, 0.1) is 17.3 Å². The van der Waals surface area contributed by atoms with Gasteiger partial charge in [-0.25, -0.2) is 14.5 Å². The zero-order valence-corrected chi connectivity index (χ0v) is 11.0. The second kappa shape index (κ2) is 4.81. The van der Waals surface area contributed by atoms with Crippen molar-refractivity contribution < 1.29 is 0 Å². The molecule has 0 spiro atoms. The lowest BCUT2D eigenvalue weighted by Crippen LogP contribution is -2.04. The molecule has 0 aliphatic heterocycles. The maximum absolute atomic E-state index is 5.89. The van der Waals surface area contributed by atoms with Crippen molar-refractivity contribution in [2.45, 2.75) is 13.5 Å². The summed E-state index contributed by atoms with van der Waals surface area (Å²) in [7, 11) is 0. The Labute approximate surface area is 114 Å². The summed E-state index contributed by atoms with van der Waals surface area (Å²) in [4.78, 5) is 12.7. The van der Waals surface area contributed by atoms with Crippen LogP contribution in [0.15, 0.2) is 30.6 Å². The summed E-state index contributed by atoms with van der Waals surface area (Å²) in [5.74, 6) is 1.28. The van der Waals surface area contributed by atoms with Crippen LogP contribution < -0.4 is 5.32 Å². The van der Waals surface area contributed by atoms with Crippen molar-refractivity contribution in [3.63, 3.8) is 0 Å². The first-order valence-corrected chi connectivity index (χ1v) is 6.13. The van der Waals surface area contributed by atoms with Crippen molar-refractivity contribution in [2.75, 3.05) is 5.32 Å². The third kappa shape index (κ3) is 2.63. The number of nitrogens with zero attached hydrogens (tertiary/aromatic N) is 5. The van der Waals surface area contributed by atoms with E-state index in [2.05, 4.69) is 25.4 Å². The monoisotopic (exact) mass is 274 g/mol. The number of nitrogens with one attached hydrogen (secondary N) is 1. The molecule has 0 amide bonds. The van der Waals surface area contributed by atoms with Crippen LogP contribution in [0.4, 0.5) is 5.95 Å². The molecule has 7 heteroatoms. The predicted octanol–water partition coefficient (Wildman–Crippen LogP) is 2.09. The van der Waals surface area contributed by atoms with E-state index in [1.54, 1.807) is 23.0 Å². The molecular formula is C12H11ClN6. The second-order valence-corrected chi connectivity index (χ2v) is 4.47. The Kier molecular flexibility index (Phi) is 3.00. The van der Waals surface area contributed by atoms with Crippen molar-refractivity contribution in [3.05, 3.63) is 47.1 Å². The molecule has 0 fully saturated rings. The molecule has 3 rings (SSSR count). The van der Waals surface area contributed by atoms with E-state index in [0.29, 0.717) is 17.5 Å². The van der Waals surface area contributed by atoms with E-state index in [0.717, 1.165) is 17.2 Å². The van der Waals surface area contributed by atoms with Gasteiger partial charge >= 0.3 is 0 Å². The SMILES string of the molecule is Cc1nccc(CNc2nc3ccc(Cl)cn3n2)n1. The zero-order chi connectivity index (χ0) is 13.2. The quantitative estimate of drug-likeness (QED) is 0.792. The van der Waals surface area contributed by atoms with E-state index in [1.807, 2.05) is 19.1 Å². The summed E-state index contributed by atoms with van der Waals surface area (Å²) in [6.07, 6.45) is 3.44. The number of pyridine rings is 1. The van der Waals surface area contributed by atoms with Gasteiger partial charge in [-0.3, -0.25) is 0 Å². The Morgan fingerprint density at radius 3 is 3.00 bits per heavy atom. The predicted molar refractivity (Wildman–Crippen MR) is 72.1 cm³/mol. The highest BCUT2D eigenvalue weighted by Crippen LogP contribution is 2.11. The highest BCUT2D eigenvalue weighted by molar-refractivity contribution is 6.30. The summed E-state index contributed by atoms with van der Waals surface area (Å²) in [5.41, 5.74) is 1.63. The minimum Gasteiger partial charge on any atom is -0.347 e. The fourth-order valence-electron chi connectivity index (χ4n) is 1.71. The minimum atomic E-state index is 0.540. The fraction of sp³-hybridized carbons (Fsp3) is 0.167. The second-order valence-electron chi connectivity index (χ2n) is 4.03. The third-order valence-corrected chi connectivity index (χ3v) is 2.78. The number of aromatic nitrogens is 5. The lowest BCUT2D eigenvalue weighted by Gasteiger charge is -2.01. The molecular weight excluding hydrogens is 264 g/mol. The van der Waals surface area contributed by atoms with Gasteiger partial charge in [-0.05, 0) is 25.1 Å². The average Bonchev–Trinajstić information content (AvgIpc) is 2.78. The number of rotatable bonds is 3. The van der Waals surface area contributed by atoms with E-state index in [1.165, 1.54) is 0 Å². The average molecular weight is 275 g/mol. The molecule has 1 N–H and O–H groups in total. The van der Waals surface area contributed by atoms with Crippen LogP contribution in [0.25, 0.3) is 5.65 Å². The van der Waals surface area contributed by atoms with Gasteiger partial charge in [-0.15, -0.1) is 5.10 Å². The summed E-state index contributed by atoms with van der Waals surface area (Å²) < 4.78 is 1.63. The summed E-state index contributed by atoms with van der Waals surface area (Å²) in [6.45, 7) is 2.41. The number of anilines is 1. The first-order valence-electron chi connectivity index (χ1n) is 5.75. The molecule has 19 heavy (non-hydrogen) atoms. The van der Waals surface area contributed by atoms with Crippen LogP contribution in [0, 0.1) is 6.92 Å². The van der Waals surface area contributed by atoms with E-state index < -0.39 is 0 Å². The van der Waals surface area contributed by atoms with Gasteiger partial charge in [-0.1, -0.05) is 11.6 Å². The smallest absolute Gasteiger partial charge is 0.243 e. The zero-order valence-electron chi connectivity index (χ0n) is 10.2. The lowest BCUT2D eigenvalue weighted by molar-refractivity contribution is 0.922. The molecule has 0 aliphatic carbocycles. The minimum absolute atomic E-state index is 0.540. The van der Waals surface area contributed by atoms with Gasteiger partial charge in [0, 0.05) is 12.4 Å². The molecule has 6 nitrogen and oxygen atoms in total. The van der Waals surface area contributed by atoms with E-state index in [9.17, 15) is 0 Å². The third-order valence-electron chi connectivity index (χ3n) is 2.56. The van der Waals surface area contributed by atoms with Gasteiger partial charge in [0.15, 0.2) is 5.65 Å². The van der Waals surface area contributed by atoms with Crippen LogP contribution >= 0.6 is 11.6 Å². The molecule has 0 bridgehead atoms. The van der Waals surface area contributed by atoms with Crippen molar-refractivity contribution in [1.82, 2.24) is 24.6 Å². The summed E-state index contributed by atoms with van der Waals surface area (Å²) >= 11 is 5.89. The number of fused-ring (bicyclic) bond motifs is 1. The normalized spacial score (nSPS) is 10.8. The standard InChI is InChI=1S/C12H11ClN6/c1-8-14-5-4-10(16-8)6-15-12-17-11-3-2-9(13)7-19(11)18-12/h2-5,7H,6H2,1H3,(H,15,18). The van der Waals surface area contributed by atoms with Crippen molar-refractivity contribution in [1.29, 1.82) is 0 Å². The van der Waals surface area contributed by atoms with Gasteiger partial charge < -0.3 is 5.32 Å². The molecule has 3 aromatic heterocycles. The number of hydrogen-bond donors (Lipinski definition) is 1. The van der Waals surface area contributed by atoms with E-state index in [-0.39, 0.29) is 0 Å². The van der Waals surface area contributed by atoms with Crippen molar-refractivity contribution in [3.8, 4) is 0 Å². The molecule has 0 atom stereocenters. The van der Waals surface area contributed by atoms with Crippen LogP contribution in [0.5, 0.6) is 0 Å². The Hall–Kier alpha value is -2.21. The Morgan fingerprint density at radius 2 is 2.16 bits per heavy atom. The topological polar surface area (TPSA) is 68.0 Å². The molecule has 96 valence electrons. The largest absolute Gasteiger partial charge is 0.347 e. The van der Waals surface area contributed by atoms with Gasteiger partial charge in [-0.2, -0.15) is 4.98 Å². The number of aryl methyl sites for hydroxylation is 1. The van der Waals surface area contributed by atoms with Gasteiger partial charge in [0.25, 0.3) is 0 Å². The first kappa shape index (κ1) is 11.9. The molecule has 0 radical (unpaired) electrons. The van der Waals surface area contributed by atoms with Crippen molar-refractivity contribution >= 4 is 23.2 Å². The fourth-order valence-corrected chi connectivity index (χ4v) is 1.86. The molecule has 0 aromatic carbocycles. The summed E-state index contributed by atoms with van der Waals surface area (Å²) in [5, 5.41) is 8.02. The number of halogens is 1.